The van der Waals surface area contributed by atoms with Crippen molar-refractivity contribution in [3.8, 4) is 17.0 Å². The largest absolute Gasteiger partial charge is 0.491 e. The molecule has 3 aromatic rings. The molecule has 44 heavy (non-hydrogen) atoms. The zero-order valence-electron chi connectivity index (χ0n) is 25.7. The van der Waals surface area contributed by atoms with Crippen molar-refractivity contribution in [1.29, 1.82) is 0 Å². The molecule has 12 heteroatoms. The number of anilines is 1. The molecule has 2 atom stereocenters. The maximum Gasteiger partial charge on any atom is 0.415 e. The van der Waals surface area contributed by atoms with Crippen molar-refractivity contribution in [3.05, 3.63) is 59.0 Å². The SMILES string of the molecule is CCOc1ccc(-c2cn(CC3CCCCN(C(=O)C4Cc5c(F)cc(C)cc5N4C(=O)OC(C)(C)C)C3)nn2)c(F)c1F. The number of carbonyl (C=O) groups excluding carboxylic acids is 2. The standard InChI is InChI=1S/C32H38F3N5O4/c1-6-43-27-11-10-21(28(34)29(27)35)24-18-39(37-36-24)17-20-9-7-8-12-38(16-20)30(41)26-15-22-23(33)13-19(2)14-25(22)40(26)31(42)44-32(3,4)5/h10-11,13-14,18,20,26H,6-9,12,15-17H2,1-5H3. The first-order valence-electron chi connectivity index (χ1n) is 15.0. The van der Waals surface area contributed by atoms with Crippen LogP contribution in [-0.2, 0) is 22.5 Å². The number of rotatable bonds is 6. The third-order valence-electron chi connectivity index (χ3n) is 7.85. The van der Waals surface area contributed by atoms with E-state index < -0.39 is 35.2 Å². The van der Waals surface area contributed by atoms with Gasteiger partial charge in [0.25, 0.3) is 0 Å². The highest BCUT2D eigenvalue weighted by Gasteiger charge is 2.44. The maximum absolute atomic E-state index is 15.0. The summed E-state index contributed by atoms with van der Waals surface area (Å²) in [5.74, 6) is -3.06. The second-order valence-electron chi connectivity index (χ2n) is 12.5. The molecule has 2 aliphatic rings. The molecule has 0 saturated carbocycles. The Morgan fingerprint density at radius 2 is 1.86 bits per heavy atom. The van der Waals surface area contributed by atoms with Crippen molar-refractivity contribution in [2.24, 2.45) is 5.92 Å². The Balaban J connectivity index is 1.34. The van der Waals surface area contributed by atoms with Gasteiger partial charge in [-0.1, -0.05) is 11.6 Å². The molecule has 5 rings (SSSR count). The summed E-state index contributed by atoms with van der Waals surface area (Å²) in [4.78, 5) is 30.5. The Kier molecular flexibility index (Phi) is 8.90. The summed E-state index contributed by atoms with van der Waals surface area (Å²) in [6, 6.07) is 4.94. The lowest BCUT2D eigenvalue weighted by molar-refractivity contribution is -0.133. The Bertz CT molecular complexity index is 1550. The number of ether oxygens (including phenoxy) is 2. The zero-order chi connectivity index (χ0) is 31.8. The van der Waals surface area contributed by atoms with E-state index in [2.05, 4.69) is 10.3 Å². The van der Waals surface area contributed by atoms with Crippen LogP contribution in [0, 0.1) is 30.3 Å². The Morgan fingerprint density at radius 3 is 2.59 bits per heavy atom. The first kappa shape index (κ1) is 31.3. The second kappa shape index (κ2) is 12.5. The number of hydrogen-bond acceptors (Lipinski definition) is 6. The molecule has 2 amide bonds. The van der Waals surface area contributed by atoms with Gasteiger partial charge in [-0.15, -0.1) is 5.10 Å². The molecule has 0 N–H and O–H groups in total. The van der Waals surface area contributed by atoms with E-state index >= 15 is 4.39 Å². The van der Waals surface area contributed by atoms with Crippen LogP contribution in [0.4, 0.5) is 23.7 Å². The first-order valence-corrected chi connectivity index (χ1v) is 15.0. The van der Waals surface area contributed by atoms with Crippen LogP contribution >= 0.6 is 0 Å². The van der Waals surface area contributed by atoms with Gasteiger partial charge in [0.1, 0.15) is 23.2 Å². The average molecular weight is 614 g/mol. The molecule has 2 aromatic carbocycles. The molecule has 1 saturated heterocycles. The van der Waals surface area contributed by atoms with Crippen LogP contribution in [-0.4, -0.2) is 63.2 Å². The molecule has 9 nitrogen and oxygen atoms in total. The summed E-state index contributed by atoms with van der Waals surface area (Å²) in [5, 5.41) is 8.20. The lowest BCUT2D eigenvalue weighted by atomic mass is 10.0. The van der Waals surface area contributed by atoms with Gasteiger partial charge in [-0.3, -0.25) is 14.4 Å². The Hall–Kier alpha value is -4.09. The van der Waals surface area contributed by atoms with Gasteiger partial charge in [0.2, 0.25) is 11.7 Å². The summed E-state index contributed by atoms with van der Waals surface area (Å²) >= 11 is 0. The quantitative estimate of drug-likeness (QED) is 0.336. The van der Waals surface area contributed by atoms with Crippen molar-refractivity contribution < 1.29 is 32.2 Å². The van der Waals surface area contributed by atoms with E-state index in [4.69, 9.17) is 9.47 Å². The molecular weight excluding hydrogens is 575 g/mol. The molecular formula is C32H38F3N5O4. The molecule has 1 fully saturated rings. The highest BCUT2D eigenvalue weighted by atomic mass is 19.2. The molecule has 0 aliphatic carbocycles. The van der Waals surface area contributed by atoms with Crippen LogP contribution in [0.15, 0.2) is 30.5 Å². The predicted molar refractivity (Wildman–Crippen MR) is 158 cm³/mol. The van der Waals surface area contributed by atoms with Gasteiger partial charge in [-0.25, -0.2) is 13.6 Å². The summed E-state index contributed by atoms with van der Waals surface area (Å²) in [5.41, 5.74) is 0.659. The number of nitrogens with zero attached hydrogens (tertiary/aromatic N) is 5. The van der Waals surface area contributed by atoms with Crippen molar-refractivity contribution in [2.45, 2.75) is 78.5 Å². The van der Waals surface area contributed by atoms with Gasteiger partial charge < -0.3 is 14.4 Å². The molecule has 2 unspecified atom stereocenters. The van der Waals surface area contributed by atoms with Crippen LogP contribution in [0.3, 0.4) is 0 Å². The van der Waals surface area contributed by atoms with Crippen LogP contribution in [0.1, 0.15) is 58.1 Å². The summed E-state index contributed by atoms with van der Waals surface area (Å²) in [7, 11) is 0. The fourth-order valence-corrected chi connectivity index (χ4v) is 5.92. The van der Waals surface area contributed by atoms with E-state index in [0.29, 0.717) is 36.4 Å². The molecule has 0 bridgehead atoms. The number of halogens is 3. The molecule has 2 aliphatic heterocycles. The van der Waals surface area contributed by atoms with E-state index in [1.165, 1.54) is 23.1 Å². The molecule has 1 aromatic heterocycles. The third-order valence-corrected chi connectivity index (χ3v) is 7.85. The number of fused-ring (bicyclic) bond motifs is 1. The van der Waals surface area contributed by atoms with E-state index in [9.17, 15) is 18.4 Å². The number of amides is 2. The van der Waals surface area contributed by atoms with E-state index in [1.807, 2.05) is 0 Å². The van der Waals surface area contributed by atoms with Crippen molar-refractivity contribution >= 4 is 17.7 Å². The van der Waals surface area contributed by atoms with E-state index in [-0.39, 0.29) is 41.9 Å². The summed E-state index contributed by atoms with van der Waals surface area (Å²) in [6.45, 7) is 10.1. The zero-order valence-corrected chi connectivity index (χ0v) is 25.7. The van der Waals surface area contributed by atoms with Gasteiger partial charge in [0.15, 0.2) is 11.6 Å². The van der Waals surface area contributed by atoms with Crippen LogP contribution in [0.2, 0.25) is 0 Å². The fraction of sp³-hybridized carbons (Fsp3) is 0.500. The van der Waals surface area contributed by atoms with Gasteiger partial charge in [-0.05, 0) is 83.2 Å². The van der Waals surface area contributed by atoms with Gasteiger partial charge in [0, 0.05) is 37.2 Å². The van der Waals surface area contributed by atoms with E-state index in [1.54, 1.807) is 56.5 Å². The number of aryl methyl sites for hydroxylation is 1. The van der Waals surface area contributed by atoms with Crippen LogP contribution < -0.4 is 9.64 Å². The summed E-state index contributed by atoms with van der Waals surface area (Å²) < 4.78 is 56.6. The number of carbonyl (C=O) groups is 2. The van der Waals surface area contributed by atoms with Crippen molar-refractivity contribution in [3.63, 3.8) is 0 Å². The Labute approximate surface area is 254 Å². The minimum Gasteiger partial charge on any atom is -0.491 e. The van der Waals surface area contributed by atoms with Crippen LogP contribution in [0.25, 0.3) is 11.3 Å². The minimum absolute atomic E-state index is 0.0179. The highest BCUT2D eigenvalue weighted by Crippen LogP contribution is 2.37. The molecule has 236 valence electrons. The number of likely N-dealkylation sites (tertiary alicyclic amines) is 1. The van der Waals surface area contributed by atoms with Gasteiger partial charge in [0.05, 0.1) is 18.5 Å². The average Bonchev–Trinajstić information content (AvgIpc) is 3.49. The monoisotopic (exact) mass is 613 g/mol. The number of hydrogen-bond donors (Lipinski definition) is 0. The third kappa shape index (κ3) is 6.53. The maximum atomic E-state index is 15.0. The number of aromatic nitrogens is 3. The van der Waals surface area contributed by atoms with Gasteiger partial charge in [-0.2, -0.15) is 4.39 Å². The smallest absolute Gasteiger partial charge is 0.415 e. The number of benzene rings is 2. The first-order chi connectivity index (χ1) is 20.9. The fourth-order valence-electron chi connectivity index (χ4n) is 5.92. The molecule has 3 heterocycles. The lowest BCUT2D eigenvalue weighted by Crippen LogP contribution is -2.51. The van der Waals surface area contributed by atoms with E-state index in [0.717, 1.165) is 19.3 Å². The normalized spacial score (nSPS) is 18.6. The lowest BCUT2D eigenvalue weighted by Gasteiger charge is -2.32. The topological polar surface area (TPSA) is 89.8 Å². The molecule has 0 spiro atoms. The molecule has 0 radical (unpaired) electrons. The van der Waals surface area contributed by atoms with Gasteiger partial charge >= 0.3 is 6.09 Å². The highest BCUT2D eigenvalue weighted by molar-refractivity contribution is 6.00. The van der Waals surface area contributed by atoms with Crippen molar-refractivity contribution in [1.82, 2.24) is 19.9 Å². The summed E-state index contributed by atoms with van der Waals surface area (Å²) in [6.07, 6.45) is 3.35. The second-order valence-corrected chi connectivity index (χ2v) is 12.5. The van der Waals surface area contributed by atoms with Crippen LogP contribution in [0.5, 0.6) is 5.75 Å². The predicted octanol–water partition coefficient (Wildman–Crippen LogP) is 6.06. The van der Waals surface area contributed by atoms with Crippen molar-refractivity contribution in [2.75, 3.05) is 24.6 Å². The Morgan fingerprint density at radius 1 is 1.09 bits per heavy atom. The minimum atomic E-state index is -1.08.